The molecule has 0 fully saturated rings. The third-order valence-electron chi connectivity index (χ3n) is 4.57. The molecule has 2 aromatic carbocycles. The van der Waals surface area contributed by atoms with Gasteiger partial charge < -0.3 is 5.11 Å². The first-order valence-electron chi connectivity index (χ1n) is 8.98. The van der Waals surface area contributed by atoms with Gasteiger partial charge in [0.1, 0.15) is 5.75 Å². The molecule has 2 aromatic heterocycles. The van der Waals surface area contributed by atoms with Crippen molar-refractivity contribution in [2.45, 2.75) is 6.42 Å². The van der Waals surface area contributed by atoms with Gasteiger partial charge in [-0.25, -0.2) is 0 Å². The van der Waals surface area contributed by atoms with Crippen LogP contribution >= 0.6 is 0 Å². The molecule has 0 aliphatic carbocycles. The van der Waals surface area contributed by atoms with Crippen LogP contribution in [0, 0.1) is 0 Å². The number of nitrogens with zero attached hydrogens (tertiary/aromatic N) is 2. The summed E-state index contributed by atoms with van der Waals surface area (Å²) in [6.45, 7) is 0. The van der Waals surface area contributed by atoms with Crippen molar-refractivity contribution in [3.8, 4) is 16.9 Å². The lowest BCUT2D eigenvalue weighted by atomic mass is 9.97. The summed E-state index contributed by atoms with van der Waals surface area (Å²) in [6.07, 6.45) is 5.62. The zero-order valence-electron chi connectivity index (χ0n) is 15.1. The maximum atomic E-state index is 12.7. The van der Waals surface area contributed by atoms with Crippen LogP contribution in [0.15, 0.2) is 91.4 Å². The fourth-order valence-electron chi connectivity index (χ4n) is 3.14. The number of aromatic hydroxyl groups is 1. The van der Waals surface area contributed by atoms with Crippen molar-refractivity contribution in [2.24, 2.45) is 0 Å². The van der Waals surface area contributed by atoms with Crippen molar-refractivity contribution in [2.75, 3.05) is 0 Å². The Hall–Kier alpha value is -3.79. The van der Waals surface area contributed by atoms with E-state index < -0.39 is 0 Å². The van der Waals surface area contributed by atoms with Crippen LogP contribution in [0.4, 0.5) is 0 Å². The molecule has 0 saturated heterocycles. The lowest BCUT2D eigenvalue weighted by molar-refractivity contribution is 0.103. The molecule has 1 N–H and O–H groups in total. The van der Waals surface area contributed by atoms with Gasteiger partial charge in [0.05, 0.1) is 5.69 Å². The minimum Gasteiger partial charge on any atom is -0.505 e. The van der Waals surface area contributed by atoms with Crippen LogP contribution in [0.25, 0.3) is 11.1 Å². The first kappa shape index (κ1) is 17.6. The fourth-order valence-corrected chi connectivity index (χ4v) is 3.14. The van der Waals surface area contributed by atoms with Gasteiger partial charge >= 0.3 is 0 Å². The molecule has 4 nitrogen and oxygen atoms in total. The summed E-state index contributed by atoms with van der Waals surface area (Å²) in [6, 6.07) is 22.0. The molecule has 0 amide bonds. The molecule has 28 heavy (non-hydrogen) atoms. The summed E-state index contributed by atoms with van der Waals surface area (Å²) in [5, 5.41) is 10.8. The Morgan fingerprint density at radius 2 is 1.68 bits per heavy atom. The van der Waals surface area contributed by atoms with E-state index in [2.05, 4.69) is 9.97 Å². The number of carbonyl (C=O) groups excluding carboxylic acids is 1. The lowest BCUT2D eigenvalue weighted by Crippen LogP contribution is -2.01. The van der Waals surface area contributed by atoms with E-state index in [1.54, 1.807) is 48.9 Å². The van der Waals surface area contributed by atoms with E-state index >= 15 is 0 Å². The summed E-state index contributed by atoms with van der Waals surface area (Å²) < 4.78 is 0. The number of aromatic nitrogens is 2. The number of pyridine rings is 2. The predicted molar refractivity (Wildman–Crippen MR) is 108 cm³/mol. The summed E-state index contributed by atoms with van der Waals surface area (Å²) in [7, 11) is 0. The molecule has 4 aromatic rings. The Morgan fingerprint density at radius 1 is 0.857 bits per heavy atom. The second kappa shape index (κ2) is 7.84. The van der Waals surface area contributed by atoms with E-state index in [1.165, 1.54) is 0 Å². The predicted octanol–water partition coefficient (Wildman–Crippen LogP) is 4.67. The quantitative estimate of drug-likeness (QED) is 0.521. The second-order valence-corrected chi connectivity index (χ2v) is 6.47. The molecule has 0 bridgehead atoms. The Bertz CT molecular complexity index is 1110. The van der Waals surface area contributed by atoms with Crippen molar-refractivity contribution < 1.29 is 9.90 Å². The number of ketones is 1. The first-order chi connectivity index (χ1) is 13.7. The van der Waals surface area contributed by atoms with Crippen molar-refractivity contribution in [1.29, 1.82) is 0 Å². The standard InChI is InChI=1S/C24H18N2O2/c27-23(18-7-2-1-3-8-18)20-10-4-9-19(15-20)21-11-13-26-22(24(21)28)14-17-6-5-12-25-16-17/h1-13,15-16,28H,14H2. The molecule has 0 aliphatic heterocycles. The molecular weight excluding hydrogens is 348 g/mol. The smallest absolute Gasteiger partial charge is 0.193 e. The topological polar surface area (TPSA) is 63.1 Å². The molecule has 136 valence electrons. The third kappa shape index (κ3) is 3.67. The molecular formula is C24H18N2O2. The summed E-state index contributed by atoms with van der Waals surface area (Å²) in [5.41, 5.74) is 4.18. The average molecular weight is 366 g/mol. The van der Waals surface area contributed by atoms with Crippen LogP contribution < -0.4 is 0 Å². The van der Waals surface area contributed by atoms with Crippen LogP contribution in [0.2, 0.25) is 0 Å². The summed E-state index contributed by atoms with van der Waals surface area (Å²) in [5.74, 6) is 0.0715. The average Bonchev–Trinajstić information content (AvgIpc) is 2.76. The highest BCUT2D eigenvalue weighted by Crippen LogP contribution is 2.32. The lowest BCUT2D eigenvalue weighted by Gasteiger charge is -2.10. The minimum atomic E-state index is -0.0495. The normalized spacial score (nSPS) is 10.6. The molecule has 0 unspecified atom stereocenters. The fraction of sp³-hybridized carbons (Fsp3) is 0.0417. The summed E-state index contributed by atoms with van der Waals surface area (Å²) in [4.78, 5) is 21.2. The van der Waals surface area contributed by atoms with Crippen LogP contribution in [0.1, 0.15) is 27.2 Å². The van der Waals surface area contributed by atoms with Crippen LogP contribution in [0.5, 0.6) is 5.75 Å². The van der Waals surface area contributed by atoms with Gasteiger partial charge in [0.25, 0.3) is 0 Å². The van der Waals surface area contributed by atoms with Gasteiger partial charge in [0, 0.05) is 41.7 Å². The molecule has 0 saturated carbocycles. The highest BCUT2D eigenvalue weighted by atomic mass is 16.3. The number of benzene rings is 2. The molecule has 2 heterocycles. The largest absolute Gasteiger partial charge is 0.505 e. The third-order valence-corrected chi connectivity index (χ3v) is 4.57. The Morgan fingerprint density at radius 3 is 2.46 bits per heavy atom. The van der Waals surface area contributed by atoms with E-state index in [1.807, 2.05) is 42.5 Å². The van der Waals surface area contributed by atoms with Crippen molar-refractivity contribution >= 4 is 5.78 Å². The highest BCUT2D eigenvalue weighted by molar-refractivity contribution is 6.09. The molecule has 4 rings (SSSR count). The molecule has 0 radical (unpaired) electrons. The maximum Gasteiger partial charge on any atom is 0.193 e. The SMILES string of the molecule is O=C(c1ccccc1)c1cccc(-c2ccnc(Cc3cccnc3)c2O)c1. The Balaban J connectivity index is 1.68. The van der Waals surface area contributed by atoms with Crippen molar-refractivity contribution in [1.82, 2.24) is 9.97 Å². The van der Waals surface area contributed by atoms with Gasteiger partial charge in [-0.3, -0.25) is 14.8 Å². The van der Waals surface area contributed by atoms with Crippen molar-refractivity contribution in [3.05, 3.63) is 114 Å². The van der Waals surface area contributed by atoms with Gasteiger partial charge in [0.15, 0.2) is 5.78 Å². The highest BCUT2D eigenvalue weighted by Gasteiger charge is 2.14. The molecule has 4 heteroatoms. The minimum absolute atomic E-state index is 0.0495. The molecule has 0 atom stereocenters. The Labute approximate surface area is 163 Å². The maximum absolute atomic E-state index is 12.7. The number of hydrogen-bond acceptors (Lipinski definition) is 4. The number of rotatable bonds is 5. The van der Waals surface area contributed by atoms with Crippen molar-refractivity contribution in [3.63, 3.8) is 0 Å². The first-order valence-corrected chi connectivity index (χ1v) is 8.98. The summed E-state index contributed by atoms with van der Waals surface area (Å²) >= 11 is 0. The second-order valence-electron chi connectivity index (χ2n) is 6.47. The van der Waals surface area contributed by atoms with Gasteiger partial charge in [0.2, 0.25) is 0 Å². The van der Waals surface area contributed by atoms with Crippen LogP contribution in [-0.4, -0.2) is 20.9 Å². The number of carbonyl (C=O) groups is 1. The van der Waals surface area contributed by atoms with E-state index in [0.717, 1.165) is 11.1 Å². The monoisotopic (exact) mass is 366 g/mol. The van der Waals surface area contributed by atoms with Gasteiger partial charge in [-0.1, -0.05) is 54.6 Å². The molecule has 0 aliphatic rings. The van der Waals surface area contributed by atoms with E-state index in [9.17, 15) is 9.90 Å². The van der Waals surface area contributed by atoms with E-state index in [0.29, 0.717) is 28.8 Å². The Kier molecular flexibility index (Phi) is 4.93. The number of hydrogen-bond donors (Lipinski definition) is 1. The van der Waals surface area contributed by atoms with Crippen LogP contribution in [0.3, 0.4) is 0 Å². The van der Waals surface area contributed by atoms with Crippen LogP contribution in [-0.2, 0) is 6.42 Å². The van der Waals surface area contributed by atoms with Gasteiger partial charge in [-0.2, -0.15) is 0 Å². The molecule has 0 spiro atoms. The van der Waals surface area contributed by atoms with E-state index in [-0.39, 0.29) is 11.5 Å². The van der Waals surface area contributed by atoms with Gasteiger partial charge in [-0.05, 0) is 29.3 Å². The zero-order valence-corrected chi connectivity index (χ0v) is 15.1. The zero-order chi connectivity index (χ0) is 19.3. The van der Waals surface area contributed by atoms with E-state index in [4.69, 9.17) is 0 Å². The van der Waals surface area contributed by atoms with Gasteiger partial charge in [-0.15, -0.1) is 0 Å².